The van der Waals surface area contributed by atoms with E-state index >= 15 is 0 Å². The summed E-state index contributed by atoms with van der Waals surface area (Å²) in [5.74, 6) is -0.298. The van der Waals surface area contributed by atoms with Gasteiger partial charge in [-0.25, -0.2) is 4.39 Å². The molecule has 0 aliphatic carbocycles. The highest BCUT2D eigenvalue weighted by molar-refractivity contribution is 5.92. The molecule has 1 saturated heterocycles. The van der Waals surface area contributed by atoms with Crippen LogP contribution >= 0.6 is 0 Å². The third-order valence-electron chi connectivity index (χ3n) is 5.28. The van der Waals surface area contributed by atoms with E-state index in [2.05, 4.69) is 36.5 Å². The summed E-state index contributed by atoms with van der Waals surface area (Å²) in [5.41, 5.74) is 3.07. The molecule has 2 amide bonds. The molecule has 0 unspecified atom stereocenters. The van der Waals surface area contributed by atoms with Crippen molar-refractivity contribution < 1.29 is 14.0 Å². The van der Waals surface area contributed by atoms with Gasteiger partial charge >= 0.3 is 0 Å². The first kappa shape index (κ1) is 21.0. The molecule has 1 aliphatic rings. The zero-order valence-corrected chi connectivity index (χ0v) is 16.9. The Morgan fingerprint density at radius 1 is 0.931 bits per heavy atom. The zero-order valence-electron chi connectivity index (χ0n) is 16.9. The van der Waals surface area contributed by atoms with E-state index in [1.807, 2.05) is 9.80 Å². The lowest BCUT2D eigenvalue weighted by atomic mass is 10.1. The van der Waals surface area contributed by atoms with Crippen molar-refractivity contribution in [3.8, 4) is 0 Å². The van der Waals surface area contributed by atoms with Gasteiger partial charge in [0.05, 0.1) is 6.54 Å². The van der Waals surface area contributed by atoms with Crippen LogP contribution in [0.15, 0.2) is 48.5 Å². The minimum Gasteiger partial charge on any atom is -0.340 e. The highest BCUT2D eigenvalue weighted by Gasteiger charge is 2.22. The molecule has 6 heteroatoms. The van der Waals surface area contributed by atoms with E-state index < -0.39 is 0 Å². The van der Waals surface area contributed by atoms with E-state index in [0.29, 0.717) is 38.3 Å². The predicted octanol–water partition coefficient (Wildman–Crippen LogP) is 3.10. The summed E-state index contributed by atoms with van der Waals surface area (Å²) >= 11 is 0. The van der Waals surface area contributed by atoms with Crippen LogP contribution in [0, 0.1) is 5.82 Å². The van der Waals surface area contributed by atoms with Crippen molar-refractivity contribution in [2.24, 2.45) is 0 Å². The van der Waals surface area contributed by atoms with Gasteiger partial charge in [-0.2, -0.15) is 0 Å². The van der Waals surface area contributed by atoms with Crippen LogP contribution in [0.3, 0.4) is 0 Å². The Hall–Kier alpha value is -2.73. The monoisotopic (exact) mass is 397 g/mol. The van der Waals surface area contributed by atoms with E-state index in [0.717, 1.165) is 12.8 Å². The van der Waals surface area contributed by atoms with Crippen LogP contribution in [-0.4, -0.2) is 54.3 Å². The first-order valence-electron chi connectivity index (χ1n) is 10.2. The van der Waals surface area contributed by atoms with Crippen LogP contribution in [0.1, 0.15) is 24.5 Å². The standard InChI is InChI=1S/C23H28FN3O2/c1-2-18-3-5-19(6-4-18)7-12-23(29)27-15-13-26(14-16-27)17-22(28)25-21-10-8-20(24)9-11-21/h3-6,8-11H,2,7,12-17H2,1H3,(H,25,28). The van der Waals surface area contributed by atoms with Crippen LogP contribution < -0.4 is 5.32 Å². The maximum Gasteiger partial charge on any atom is 0.238 e. The van der Waals surface area contributed by atoms with Gasteiger partial charge in [-0.3, -0.25) is 14.5 Å². The molecule has 0 aromatic heterocycles. The fourth-order valence-corrected chi connectivity index (χ4v) is 3.44. The largest absolute Gasteiger partial charge is 0.340 e. The van der Waals surface area contributed by atoms with Crippen LogP contribution in [0.2, 0.25) is 0 Å². The van der Waals surface area contributed by atoms with Gasteiger partial charge in [0.1, 0.15) is 5.82 Å². The summed E-state index contributed by atoms with van der Waals surface area (Å²) in [7, 11) is 0. The fraction of sp³-hybridized carbons (Fsp3) is 0.391. The molecule has 0 atom stereocenters. The normalized spacial score (nSPS) is 14.6. The number of amides is 2. The Kier molecular flexibility index (Phi) is 7.36. The summed E-state index contributed by atoms with van der Waals surface area (Å²) < 4.78 is 12.9. The molecule has 29 heavy (non-hydrogen) atoms. The molecule has 3 rings (SSSR count). The Morgan fingerprint density at radius 3 is 2.17 bits per heavy atom. The molecule has 154 valence electrons. The summed E-state index contributed by atoms with van der Waals surface area (Å²) in [5, 5.41) is 2.77. The van der Waals surface area contributed by atoms with Crippen molar-refractivity contribution in [2.75, 3.05) is 38.0 Å². The number of nitrogens with one attached hydrogen (secondary N) is 1. The molecule has 0 radical (unpaired) electrons. The van der Waals surface area contributed by atoms with Crippen molar-refractivity contribution in [3.63, 3.8) is 0 Å². The highest BCUT2D eigenvalue weighted by Crippen LogP contribution is 2.11. The van der Waals surface area contributed by atoms with Gasteiger partial charge in [0.25, 0.3) is 0 Å². The first-order valence-corrected chi connectivity index (χ1v) is 10.2. The third-order valence-corrected chi connectivity index (χ3v) is 5.28. The van der Waals surface area contributed by atoms with E-state index in [-0.39, 0.29) is 24.2 Å². The summed E-state index contributed by atoms with van der Waals surface area (Å²) in [4.78, 5) is 28.6. The van der Waals surface area contributed by atoms with Crippen molar-refractivity contribution in [3.05, 3.63) is 65.5 Å². The maximum atomic E-state index is 12.9. The molecular formula is C23H28FN3O2. The van der Waals surface area contributed by atoms with Crippen molar-refractivity contribution in [1.29, 1.82) is 0 Å². The molecule has 1 heterocycles. The van der Waals surface area contributed by atoms with Gasteiger partial charge in [-0.05, 0) is 48.2 Å². The number of nitrogens with zero attached hydrogens (tertiary/aromatic N) is 2. The van der Waals surface area contributed by atoms with Crippen molar-refractivity contribution in [2.45, 2.75) is 26.2 Å². The number of anilines is 1. The van der Waals surface area contributed by atoms with E-state index in [1.54, 1.807) is 12.1 Å². The molecule has 5 nitrogen and oxygen atoms in total. The molecule has 0 spiro atoms. The van der Waals surface area contributed by atoms with E-state index in [9.17, 15) is 14.0 Å². The van der Waals surface area contributed by atoms with Crippen molar-refractivity contribution >= 4 is 17.5 Å². The number of piperazine rings is 1. The quantitative estimate of drug-likeness (QED) is 0.781. The van der Waals surface area contributed by atoms with Gasteiger partial charge in [0.15, 0.2) is 0 Å². The summed E-state index contributed by atoms with van der Waals surface area (Å²) in [6.45, 7) is 5.02. The minimum atomic E-state index is -0.332. The Bertz CT molecular complexity index is 813. The van der Waals surface area contributed by atoms with Crippen molar-refractivity contribution in [1.82, 2.24) is 9.80 Å². The predicted molar refractivity (Wildman–Crippen MR) is 112 cm³/mol. The number of carbonyl (C=O) groups is 2. The topological polar surface area (TPSA) is 52.7 Å². The van der Waals surface area contributed by atoms with Gasteiger partial charge in [0.2, 0.25) is 11.8 Å². The number of halogens is 1. The van der Waals surface area contributed by atoms with Crippen LogP contribution in [-0.2, 0) is 22.4 Å². The Labute approximate surface area is 171 Å². The SMILES string of the molecule is CCc1ccc(CCC(=O)N2CCN(CC(=O)Nc3ccc(F)cc3)CC2)cc1. The highest BCUT2D eigenvalue weighted by atomic mass is 19.1. The second-order valence-corrected chi connectivity index (χ2v) is 7.38. The summed E-state index contributed by atoms with van der Waals surface area (Å²) in [6, 6.07) is 14.2. The molecule has 1 fully saturated rings. The molecule has 1 aliphatic heterocycles. The first-order chi connectivity index (χ1) is 14.0. The van der Waals surface area contributed by atoms with E-state index in [1.165, 1.54) is 23.3 Å². The van der Waals surface area contributed by atoms with Crippen LogP contribution in [0.4, 0.5) is 10.1 Å². The summed E-state index contributed by atoms with van der Waals surface area (Å²) in [6.07, 6.45) is 2.28. The second kappa shape index (κ2) is 10.2. The number of hydrogen-bond donors (Lipinski definition) is 1. The Balaban J connectivity index is 1.38. The van der Waals surface area contributed by atoms with Gasteiger partial charge < -0.3 is 10.2 Å². The lowest BCUT2D eigenvalue weighted by Gasteiger charge is -2.34. The molecule has 2 aromatic carbocycles. The molecular weight excluding hydrogens is 369 g/mol. The number of carbonyl (C=O) groups excluding carboxylic acids is 2. The lowest BCUT2D eigenvalue weighted by molar-refractivity contribution is -0.133. The number of benzene rings is 2. The van der Waals surface area contributed by atoms with Crippen LogP contribution in [0.5, 0.6) is 0 Å². The second-order valence-electron chi connectivity index (χ2n) is 7.38. The smallest absolute Gasteiger partial charge is 0.238 e. The lowest BCUT2D eigenvalue weighted by Crippen LogP contribution is -2.50. The molecule has 2 aromatic rings. The van der Waals surface area contributed by atoms with E-state index in [4.69, 9.17) is 0 Å². The molecule has 1 N–H and O–H groups in total. The minimum absolute atomic E-state index is 0.132. The number of rotatable bonds is 7. The zero-order chi connectivity index (χ0) is 20.6. The fourth-order valence-electron chi connectivity index (χ4n) is 3.44. The Morgan fingerprint density at radius 2 is 1.55 bits per heavy atom. The third kappa shape index (κ3) is 6.39. The average molecular weight is 397 g/mol. The number of hydrogen-bond acceptors (Lipinski definition) is 3. The van der Waals surface area contributed by atoms with Gasteiger partial charge in [-0.15, -0.1) is 0 Å². The van der Waals surface area contributed by atoms with Crippen LogP contribution in [0.25, 0.3) is 0 Å². The molecule has 0 bridgehead atoms. The maximum absolute atomic E-state index is 12.9. The average Bonchev–Trinajstić information content (AvgIpc) is 2.74. The number of aryl methyl sites for hydroxylation is 2. The van der Waals surface area contributed by atoms with Gasteiger partial charge in [0, 0.05) is 38.3 Å². The molecule has 0 saturated carbocycles. The van der Waals surface area contributed by atoms with Gasteiger partial charge in [-0.1, -0.05) is 31.2 Å².